The minimum Gasteiger partial charge on any atom is -0.329 e. The molecule has 0 saturated heterocycles. The van der Waals surface area contributed by atoms with Crippen LogP contribution in [0.15, 0.2) is 0 Å². The summed E-state index contributed by atoms with van der Waals surface area (Å²) in [5, 5.41) is -0.306. The van der Waals surface area contributed by atoms with Gasteiger partial charge in [0.2, 0.25) is 0 Å². The fourth-order valence-corrected chi connectivity index (χ4v) is 5.24. The Morgan fingerprint density at radius 1 is 1.50 bits per heavy atom. The second-order valence-electron chi connectivity index (χ2n) is 5.77. The van der Waals surface area contributed by atoms with Crippen LogP contribution in [-0.2, 0) is 9.84 Å². The van der Waals surface area contributed by atoms with Crippen LogP contribution in [0.5, 0.6) is 0 Å². The second-order valence-corrected chi connectivity index (χ2v) is 7.99. The van der Waals surface area contributed by atoms with Crippen molar-refractivity contribution >= 4 is 9.84 Å². The van der Waals surface area contributed by atoms with E-state index in [-0.39, 0.29) is 10.8 Å². The predicted molar refractivity (Wildman–Crippen MR) is 76.4 cm³/mol. The van der Waals surface area contributed by atoms with Crippen LogP contribution in [0.3, 0.4) is 0 Å². The van der Waals surface area contributed by atoms with E-state index in [2.05, 4.69) is 18.7 Å². The monoisotopic (exact) mass is 276 g/mol. The van der Waals surface area contributed by atoms with E-state index >= 15 is 0 Å². The van der Waals surface area contributed by atoms with Crippen molar-refractivity contribution in [1.29, 1.82) is 0 Å². The molecular formula is C13H28N2O2S. The topological polar surface area (TPSA) is 63.4 Å². The van der Waals surface area contributed by atoms with Crippen LogP contribution in [0.4, 0.5) is 0 Å². The number of sulfone groups is 1. The molecule has 0 aliphatic heterocycles. The zero-order chi connectivity index (χ0) is 14.0. The summed E-state index contributed by atoms with van der Waals surface area (Å²) in [5.74, 6) is 0. The van der Waals surface area contributed by atoms with Gasteiger partial charge in [0, 0.05) is 24.4 Å². The highest BCUT2D eigenvalue weighted by atomic mass is 32.2. The first-order valence-electron chi connectivity index (χ1n) is 6.91. The van der Waals surface area contributed by atoms with Crippen LogP contribution in [0.1, 0.15) is 46.0 Å². The van der Waals surface area contributed by atoms with E-state index in [1.807, 2.05) is 7.05 Å². The number of hydrogen-bond acceptors (Lipinski definition) is 4. The summed E-state index contributed by atoms with van der Waals surface area (Å²) in [7, 11) is -0.999. The molecule has 0 radical (unpaired) electrons. The van der Waals surface area contributed by atoms with Crippen LogP contribution in [0.2, 0.25) is 0 Å². The van der Waals surface area contributed by atoms with Gasteiger partial charge in [0.15, 0.2) is 9.84 Å². The number of nitrogens with two attached hydrogens (primary N) is 1. The third-order valence-corrected chi connectivity index (χ3v) is 6.32. The predicted octanol–water partition coefficient (Wildman–Crippen LogP) is 1.40. The molecule has 108 valence electrons. The lowest BCUT2D eigenvalue weighted by atomic mass is 9.92. The van der Waals surface area contributed by atoms with E-state index < -0.39 is 9.84 Å². The molecule has 1 rings (SSSR count). The van der Waals surface area contributed by atoms with Crippen molar-refractivity contribution in [3.05, 3.63) is 0 Å². The van der Waals surface area contributed by atoms with Gasteiger partial charge in [-0.25, -0.2) is 8.42 Å². The van der Waals surface area contributed by atoms with E-state index in [9.17, 15) is 8.42 Å². The average molecular weight is 276 g/mol. The summed E-state index contributed by atoms with van der Waals surface area (Å²) >= 11 is 0. The molecule has 0 heterocycles. The SMILES string of the molecule is CCCC(C)N(C)C1(CN)CCCC1S(C)(=O)=O. The molecule has 0 spiro atoms. The lowest BCUT2D eigenvalue weighted by molar-refractivity contribution is 0.0873. The minimum absolute atomic E-state index is 0.306. The fraction of sp³-hybridized carbons (Fsp3) is 1.00. The zero-order valence-corrected chi connectivity index (χ0v) is 13.0. The molecule has 0 bridgehead atoms. The standard InChI is InChI=1S/C13H28N2O2S/c1-5-7-11(2)15(3)13(10-14)9-6-8-12(13)18(4,16)17/h11-12H,5-10,14H2,1-4H3. The third-order valence-electron chi connectivity index (χ3n) is 4.62. The first-order valence-corrected chi connectivity index (χ1v) is 8.87. The average Bonchev–Trinajstić information content (AvgIpc) is 2.73. The van der Waals surface area contributed by atoms with Gasteiger partial charge in [0.25, 0.3) is 0 Å². The maximum absolute atomic E-state index is 12.0. The maximum atomic E-state index is 12.0. The summed E-state index contributed by atoms with van der Waals surface area (Å²) in [4.78, 5) is 2.23. The van der Waals surface area contributed by atoms with Gasteiger partial charge >= 0.3 is 0 Å². The molecule has 1 aliphatic carbocycles. The molecule has 3 atom stereocenters. The van der Waals surface area contributed by atoms with E-state index in [4.69, 9.17) is 5.73 Å². The van der Waals surface area contributed by atoms with Crippen molar-refractivity contribution in [2.24, 2.45) is 5.73 Å². The molecule has 1 aliphatic rings. The van der Waals surface area contributed by atoms with Crippen molar-refractivity contribution in [2.45, 2.75) is 62.8 Å². The quantitative estimate of drug-likeness (QED) is 0.796. The molecule has 4 nitrogen and oxygen atoms in total. The Balaban J connectivity index is 3.04. The number of hydrogen-bond donors (Lipinski definition) is 1. The smallest absolute Gasteiger partial charge is 0.152 e. The molecule has 5 heteroatoms. The van der Waals surface area contributed by atoms with Gasteiger partial charge in [-0.15, -0.1) is 0 Å². The molecule has 3 unspecified atom stereocenters. The number of rotatable bonds is 6. The van der Waals surface area contributed by atoms with E-state index in [0.717, 1.165) is 32.1 Å². The van der Waals surface area contributed by atoms with Gasteiger partial charge in [-0.2, -0.15) is 0 Å². The van der Waals surface area contributed by atoms with Crippen molar-refractivity contribution < 1.29 is 8.42 Å². The third kappa shape index (κ3) is 2.89. The molecule has 0 aromatic carbocycles. The number of nitrogens with zero attached hydrogens (tertiary/aromatic N) is 1. The molecule has 2 N–H and O–H groups in total. The first-order chi connectivity index (χ1) is 8.29. The van der Waals surface area contributed by atoms with Gasteiger partial charge in [-0.3, -0.25) is 4.90 Å². The van der Waals surface area contributed by atoms with Crippen LogP contribution in [-0.4, -0.2) is 50.0 Å². The van der Waals surface area contributed by atoms with Crippen LogP contribution >= 0.6 is 0 Å². The molecule has 18 heavy (non-hydrogen) atoms. The first kappa shape index (κ1) is 15.9. The molecular weight excluding hydrogens is 248 g/mol. The van der Waals surface area contributed by atoms with E-state index in [0.29, 0.717) is 12.6 Å². The summed E-state index contributed by atoms with van der Waals surface area (Å²) in [6.45, 7) is 4.75. The Kier molecular flexibility index (Phi) is 5.21. The van der Waals surface area contributed by atoms with Crippen LogP contribution in [0.25, 0.3) is 0 Å². The molecule has 1 fully saturated rings. The van der Waals surface area contributed by atoms with Crippen LogP contribution < -0.4 is 5.73 Å². The highest BCUT2D eigenvalue weighted by Gasteiger charge is 2.50. The van der Waals surface area contributed by atoms with Gasteiger partial charge in [-0.05, 0) is 33.2 Å². The summed E-state index contributed by atoms with van der Waals surface area (Å²) in [6.07, 6.45) is 6.14. The lowest BCUT2D eigenvalue weighted by Gasteiger charge is -2.45. The fourth-order valence-electron chi connectivity index (χ4n) is 3.47. The Hall–Kier alpha value is -0.130. The van der Waals surface area contributed by atoms with Crippen molar-refractivity contribution in [3.63, 3.8) is 0 Å². The van der Waals surface area contributed by atoms with Crippen molar-refractivity contribution in [3.8, 4) is 0 Å². The minimum atomic E-state index is -3.04. The number of likely N-dealkylation sites (N-methyl/N-ethyl adjacent to an activating group) is 1. The zero-order valence-electron chi connectivity index (χ0n) is 12.1. The van der Waals surface area contributed by atoms with Crippen molar-refractivity contribution in [1.82, 2.24) is 4.90 Å². The van der Waals surface area contributed by atoms with Gasteiger partial charge in [0.1, 0.15) is 0 Å². The molecule has 0 aromatic rings. The van der Waals surface area contributed by atoms with E-state index in [1.54, 1.807) is 0 Å². The Labute approximate surface area is 112 Å². The molecule has 0 amide bonds. The Morgan fingerprint density at radius 3 is 2.56 bits per heavy atom. The molecule has 1 saturated carbocycles. The Morgan fingerprint density at radius 2 is 2.11 bits per heavy atom. The highest BCUT2D eigenvalue weighted by molar-refractivity contribution is 7.91. The normalized spacial score (nSPS) is 30.9. The summed E-state index contributed by atoms with van der Waals surface area (Å²) in [5.41, 5.74) is 5.63. The van der Waals surface area contributed by atoms with Gasteiger partial charge in [-0.1, -0.05) is 19.8 Å². The van der Waals surface area contributed by atoms with E-state index in [1.165, 1.54) is 6.26 Å². The van der Waals surface area contributed by atoms with Crippen LogP contribution in [0, 0.1) is 0 Å². The van der Waals surface area contributed by atoms with Gasteiger partial charge in [0.05, 0.1) is 5.25 Å². The summed E-state index contributed by atoms with van der Waals surface area (Å²) in [6, 6.07) is 0.376. The lowest BCUT2D eigenvalue weighted by Crippen LogP contribution is -2.61. The van der Waals surface area contributed by atoms with Gasteiger partial charge < -0.3 is 5.73 Å². The highest BCUT2D eigenvalue weighted by Crippen LogP contribution is 2.39. The Bertz CT molecular complexity index is 369. The summed E-state index contributed by atoms with van der Waals surface area (Å²) < 4.78 is 24.0. The largest absolute Gasteiger partial charge is 0.329 e. The van der Waals surface area contributed by atoms with Crippen molar-refractivity contribution in [2.75, 3.05) is 19.8 Å². The molecule has 0 aromatic heterocycles. The maximum Gasteiger partial charge on any atom is 0.152 e. The second kappa shape index (κ2) is 5.88.